The van der Waals surface area contributed by atoms with Gasteiger partial charge in [0.05, 0.1) is 18.8 Å². The Bertz CT molecular complexity index is 283. The summed E-state index contributed by atoms with van der Waals surface area (Å²) in [6.45, 7) is 4.41. The van der Waals surface area contributed by atoms with E-state index >= 15 is 0 Å². The number of rotatable bonds is 4. The molecule has 1 rings (SSSR count). The van der Waals surface area contributed by atoms with E-state index in [2.05, 4.69) is 0 Å². The van der Waals surface area contributed by atoms with Crippen molar-refractivity contribution in [1.82, 2.24) is 0 Å². The zero-order valence-corrected chi connectivity index (χ0v) is 10.8. The lowest BCUT2D eigenvalue weighted by Crippen LogP contribution is -2.63. The van der Waals surface area contributed by atoms with Crippen LogP contribution in [0.15, 0.2) is 0 Å². The number of ether oxygens (including phenoxy) is 3. The Morgan fingerprint density at radius 2 is 2.11 bits per heavy atom. The zero-order chi connectivity index (χ0) is 13.9. The molecule has 0 aromatic heterocycles. The molecule has 0 spiro atoms. The highest BCUT2D eigenvalue weighted by Crippen LogP contribution is 2.24. The minimum Gasteiger partial charge on any atom is -0.457 e. The monoisotopic (exact) mass is 263 g/mol. The van der Waals surface area contributed by atoms with Gasteiger partial charge >= 0.3 is 5.97 Å². The molecule has 0 aromatic rings. The third kappa shape index (κ3) is 3.63. The molecule has 18 heavy (non-hydrogen) atoms. The topological polar surface area (TPSA) is 111 Å². The molecule has 0 bridgehead atoms. The summed E-state index contributed by atoms with van der Waals surface area (Å²) < 4.78 is 15.7. The number of hydrogen-bond acceptors (Lipinski definition) is 7. The molecule has 0 aromatic carbocycles. The maximum atomic E-state index is 10.9. The average Bonchev–Trinajstić information content (AvgIpc) is 2.27. The molecule has 4 N–H and O–H groups in total. The molecule has 1 heterocycles. The number of carbonyl (C=O) groups is 1. The summed E-state index contributed by atoms with van der Waals surface area (Å²) in [4.78, 5) is 10.9. The summed E-state index contributed by atoms with van der Waals surface area (Å²) in [6.07, 6.45) is -3.98. The number of aliphatic hydroxyl groups excluding tert-OH is 2. The van der Waals surface area contributed by atoms with Gasteiger partial charge in [-0.05, 0) is 13.8 Å². The summed E-state index contributed by atoms with van der Waals surface area (Å²) in [7, 11) is 0. The SMILES string of the molecule is CC(=O)O[C@@H]1C(CO)O[C@@H](OC(C)C)C(N)C1O. The highest BCUT2D eigenvalue weighted by Gasteiger charge is 2.46. The predicted octanol–water partition coefficient (Wildman–Crippen LogP) is -1.25. The molecule has 1 aliphatic rings. The van der Waals surface area contributed by atoms with Crippen LogP contribution in [0.1, 0.15) is 20.8 Å². The van der Waals surface area contributed by atoms with E-state index in [9.17, 15) is 15.0 Å². The molecular weight excluding hydrogens is 242 g/mol. The first-order valence-corrected chi connectivity index (χ1v) is 5.89. The molecule has 106 valence electrons. The van der Waals surface area contributed by atoms with Gasteiger partial charge in [-0.2, -0.15) is 0 Å². The van der Waals surface area contributed by atoms with Crippen molar-refractivity contribution in [1.29, 1.82) is 0 Å². The van der Waals surface area contributed by atoms with Crippen LogP contribution in [-0.2, 0) is 19.0 Å². The molecule has 0 radical (unpaired) electrons. The van der Waals surface area contributed by atoms with Crippen LogP contribution in [0.25, 0.3) is 0 Å². The second kappa shape index (κ2) is 6.44. The van der Waals surface area contributed by atoms with Crippen molar-refractivity contribution in [3.05, 3.63) is 0 Å². The van der Waals surface area contributed by atoms with Gasteiger partial charge in [-0.15, -0.1) is 0 Å². The fourth-order valence-electron chi connectivity index (χ4n) is 1.82. The number of carbonyl (C=O) groups excluding carboxylic acids is 1. The van der Waals surface area contributed by atoms with Gasteiger partial charge in [0.15, 0.2) is 12.4 Å². The Morgan fingerprint density at radius 3 is 2.56 bits per heavy atom. The summed E-state index contributed by atoms with van der Waals surface area (Å²) in [5.41, 5.74) is 5.78. The van der Waals surface area contributed by atoms with Crippen molar-refractivity contribution in [2.45, 2.75) is 57.5 Å². The van der Waals surface area contributed by atoms with Crippen LogP contribution < -0.4 is 5.73 Å². The molecule has 1 aliphatic heterocycles. The standard InChI is InChI=1S/C11H21NO6/c1-5(2)16-11-8(12)9(15)10(17-6(3)14)7(4-13)18-11/h5,7-11,13,15H,4,12H2,1-3H3/t7?,8?,9?,10-,11-/m1/s1. The summed E-state index contributed by atoms with van der Waals surface area (Å²) in [6, 6.07) is -0.848. The third-order valence-electron chi connectivity index (χ3n) is 2.61. The van der Waals surface area contributed by atoms with Crippen LogP contribution in [-0.4, -0.2) is 59.5 Å². The lowest BCUT2D eigenvalue weighted by atomic mass is 9.97. The average molecular weight is 263 g/mol. The van der Waals surface area contributed by atoms with Crippen molar-refractivity contribution >= 4 is 5.97 Å². The zero-order valence-electron chi connectivity index (χ0n) is 10.8. The Hall–Kier alpha value is -0.730. The van der Waals surface area contributed by atoms with Crippen LogP contribution in [0.3, 0.4) is 0 Å². The van der Waals surface area contributed by atoms with Gasteiger partial charge in [-0.1, -0.05) is 0 Å². The molecule has 7 nitrogen and oxygen atoms in total. The van der Waals surface area contributed by atoms with Crippen molar-refractivity contribution in [2.24, 2.45) is 5.73 Å². The van der Waals surface area contributed by atoms with Gasteiger partial charge in [0, 0.05) is 6.92 Å². The van der Waals surface area contributed by atoms with Gasteiger partial charge in [0.25, 0.3) is 0 Å². The van der Waals surface area contributed by atoms with Crippen LogP contribution in [0.4, 0.5) is 0 Å². The van der Waals surface area contributed by atoms with Crippen molar-refractivity contribution in [2.75, 3.05) is 6.61 Å². The van der Waals surface area contributed by atoms with E-state index in [1.54, 1.807) is 13.8 Å². The smallest absolute Gasteiger partial charge is 0.303 e. The quantitative estimate of drug-likeness (QED) is 0.543. The number of nitrogens with two attached hydrogens (primary N) is 1. The molecule has 5 atom stereocenters. The van der Waals surface area contributed by atoms with Crippen LogP contribution in [0.5, 0.6) is 0 Å². The fraction of sp³-hybridized carbons (Fsp3) is 0.909. The minimum absolute atomic E-state index is 0.141. The van der Waals surface area contributed by atoms with Gasteiger partial charge < -0.3 is 30.2 Å². The highest BCUT2D eigenvalue weighted by molar-refractivity contribution is 5.66. The summed E-state index contributed by atoms with van der Waals surface area (Å²) >= 11 is 0. The fourth-order valence-corrected chi connectivity index (χ4v) is 1.82. The summed E-state index contributed by atoms with van der Waals surface area (Å²) in [5, 5.41) is 19.2. The molecule has 3 unspecified atom stereocenters. The molecule has 1 fully saturated rings. The first-order valence-electron chi connectivity index (χ1n) is 5.89. The normalized spacial score (nSPS) is 36.7. The first-order chi connectivity index (χ1) is 8.36. The van der Waals surface area contributed by atoms with E-state index < -0.39 is 43.2 Å². The molecule has 1 saturated heterocycles. The number of aliphatic hydroxyl groups is 2. The van der Waals surface area contributed by atoms with Crippen LogP contribution >= 0.6 is 0 Å². The highest BCUT2D eigenvalue weighted by atomic mass is 16.7. The van der Waals surface area contributed by atoms with Gasteiger partial charge in [0.1, 0.15) is 12.2 Å². The molecule has 0 amide bonds. The number of hydrogen-bond donors (Lipinski definition) is 3. The maximum absolute atomic E-state index is 10.9. The van der Waals surface area contributed by atoms with Crippen molar-refractivity contribution in [3.63, 3.8) is 0 Å². The lowest BCUT2D eigenvalue weighted by Gasteiger charge is -2.42. The minimum atomic E-state index is -1.15. The van der Waals surface area contributed by atoms with Gasteiger partial charge in [-0.25, -0.2) is 0 Å². The van der Waals surface area contributed by atoms with Crippen LogP contribution in [0, 0.1) is 0 Å². The van der Waals surface area contributed by atoms with E-state index in [1.165, 1.54) is 6.92 Å². The third-order valence-corrected chi connectivity index (χ3v) is 2.61. The Morgan fingerprint density at radius 1 is 1.50 bits per heavy atom. The van der Waals surface area contributed by atoms with E-state index in [0.717, 1.165) is 0 Å². The molecule has 0 aliphatic carbocycles. The number of esters is 1. The van der Waals surface area contributed by atoms with Gasteiger partial charge in [0.2, 0.25) is 0 Å². The van der Waals surface area contributed by atoms with E-state index in [-0.39, 0.29) is 6.10 Å². The second-order valence-corrected chi connectivity index (χ2v) is 4.55. The lowest BCUT2D eigenvalue weighted by molar-refractivity contribution is -0.277. The van der Waals surface area contributed by atoms with Crippen molar-refractivity contribution < 1.29 is 29.2 Å². The molecule has 7 heteroatoms. The van der Waals surface area contributed by atoms with E-state index in [1.807, 2.05) is 0 Å². The Balaban J connectivity index is 2.77. The van der Waals surface area contributed by atoms with Gasteiger partial charge in [-0.3, -0.25) is 4.79 Å². The largest absolute Gasteiger partial charge is 0.457 e. The molecule has 0 saturated carbocycles. The predicted molar refractivity (Wildman–Crippen MR) is 61.5 cm³/mol. The van der Waals surface area contributed by atoms with Crippen molar-refractivity contribution in [3.8, 4) is 0 Å². The Labute approximate surface area is 106 Å². The van der Waals surface area contributed by atoms with E-state index in [0.29, 0.717) is 0 Å². The van der Waals surface area contributed by atoms with E-state index in [4.69, 9.17) is 19.9 Å². The maximum Gasteiger partial charge on any atom is 0.303 e. The first kappa shape index (κ1) is 15.3. The Kier molecular flexibility index (Phi) is 5.48. The van der Waals surface area contributed by atoms with Crippen LogP contribution in [0.2, 0.25) is 0 Å². The molecular formula is C11H21NO6. The summed E-state index contributed by atoms with van der Waals surface area (Å²) in [5.74, 6) is -0.573. The second-order valence-electron chi connectivity index (χ2n) is 4.55.